The molecule has 7 nitrogen and oxygen atoms in total. The molecule has 1 fully saturated rings. The molecule has 1 aliphatic carbocycles. The number of hydrogen-bond donors (Lipinski definition) is 3. The van der Waals surface area contributed by atoms with Crippen LogP contribution in [0.2, 0.25) is 0 Å². The molecule has 3 N–H and O–H groups in total. The molecule has 0 saturated carbocycles. The second-order valence-electron chi connectivity index (χ2n) is 10.8. The highest BCUT2D eigenvalue weighted by Crippen LogP contribution is 2.46. The van der Waals surface area contributed by atoms with E-state index in [2.05, 4.69) is 17.6 Å². The molecule has 3 aromatic carbocycles. The van der Waals surface area contributed by atoms with E-state index in [0.29, 0.717) is 12.1 Å². The smallest absolute Gasteiger partial charge is 0.247 e. The molecule has 2 aliphatic rings. The van der Waals surface area contributed by atoms with E-state index >= 15 is 0 Å². The fourth-order valence-electron chi connectivity index (χ4n) is 6.59. The van der Waals surface area contributed by atoms with E-state index in [1.54, 1.807) is 11.9 Å². The van der Waals surface area contributed by atoms with Crippen LogP contribution in [0.3, 0.4) is 0 Å². The average Bonchev–Trinajstić information content (AvgIpc) is 3.28. The Balaban J connectivity index is 1.54. The number of rotatable bonds is 9. The molecule has 40 heavy (non-hydrogen) atoms. The number of amides is 3. The summed E-state index contributed by atoms with van der Waals surface area (Å²) in [6.45, 7) is 1.76. The lowest BCUT2D eigenvalue weighted by Crippen LogP contribution is -2.51. The summed E-state index contributed by atoms with van der Waals surface area (Å²) in [4.78, 5) is 43.1. The van der Waals surface area contributed by atoms with Gasteiger partial charge in [0.05, 0.1) is 24.5 Å². The Labute approximate surface area is 235 Å². The van der Waals surface area contributed by atoms with Crippen molar-refractivity contribution in [3.63, 3.8) is 0 Å². The van der Waals surface area contributed by atoms with Crippen molar-refractivity contribution in [3.05, 3.63) is 90.5 Å². The second-order valence-corrected chi connectivity index (χ2v) is 10.8. The Morgan fingerprint density at radius 1 is 0.950 bits per heavy atom. The van der Waals surface area contributed by atoms with Gasteiger partial charge < -0.3 is 20.6 Å². The molecule has 6 atom stereocenters. The molecule has 3 aromatic rings. The van der Waals surface area contributed by atoms with Crippen molar-refractivity contribution in [2.24, 2.45) is 23.7 Å². The zero-order valence-electron chi connectivity index (χ0n) is 23.0. The summed E-state index contributed by atoms with van der Waals surface area (Å²) >= 11 is 0. The van der Waals surface area contributed by atoms with E-state index < -0.39 is 29.8 Å². The summed E-state index contributed by atoms with van der Waals surface area (Å²) < 4.78 is 0. The molecule has 7 heteroatoms. The number of nitrogens with zero attached hydrogens (tertiary/aromatic N) is 1. The topological polar surface area (TPSA) is 98.7 Å². The summed E-state index contributed by atoms with van der Waals surface area (Å²) in [5.41, 5.74) is 1.59. The molecule has 0 radical (unpaired) electrons. The molecule has 1 heterocycles. The minimum Gasteiger partial charge on any atom is -0.394 e. The van der Waals surface area contributed by atoms with Gasteiger partial charge in [-0.25, -0.2) is 0 Å². The fraction of sp³-hybridized carbons (Fsp3) is 0.364. The number of carbonyl (C=O) groups excluding carboxylic acids is 3. The Kier molecular flexibility index (Phi) is 8.31. The lowest BCUT2D eigenvalue weighted by Gasteiger charge is -2.34. The van der Waals surface area contributed by atoms with Crippen molar-refractivity contribution in [3.8, 4) is 0 Å². The van der Waals surface area contributed by atoms with Crippen molar-refractivity contribution in [1.82, 2.24) is 10.2 Å². The van der Waals surface area contributed by atoms with Crippen LogP contribution in [-0.2, 0) is 20.8 Å². The zero-order valence-corrected chi connectivity index (χ0v) is 23.0. The highest BCUT2D eigenvalue weighted by molar-refractivity contribution is 6.03. The average molecular weight is 540 g/mol. The maximum atomic E-state index is 14.3. The van der Waals surface area contributed by atoms with Gasteiger partial charge in [0.1, 0.15) is 6.04 Å². The molecule has 1 saturated heterocycles. The largest absolute Gasteiger partial charge is 0.394 e. The van der Waals surface area contributed by atoms with Crippen molar-refractivity contribution in [1.29, 1.82) is 0 Å². The van der Waals surface area contributed by atoms with Gasteiger partial charge in [0.2, 0.25) is 17.7 Å². The molecule has 5 rings (SSSR count). The van der Waals surface area contributed by atoms with Crippen LogP contribution in [0.5, 0.6) is 0 Å². The van der Waals surface area contributed by atoms with Crippen molar-refractivity contribution < 1.29 is 19.5 Å². The van der Waals surface area contributed by atoms with Gasteiger partial charge >= 0.3 is 0 Å². The summed E-state index contributed by atoms with van der Waals surface area (Å²) in [5.74, 6) is -2.61. The van der Waals surface area contributed by atoms with Gasteiger partial charge in [-0.3, -0.25) is 14.4 Å². The van der Waals surface area contributed by atoms with E-state index in [1.807, 2.05) is 84.9 Å². The Morgan fingerprint density at radius 2 is 1.68 bits per heavy atom. The number of fused-ring (bicyclic) bond motifs is 2. The number of aliphatic hydroxyl groups is 1. The van der Waals surface area contributed by atoms with E-state index in [1.165, 1.54) is 0 Å². The Bertz CT molecular complexity index is 1410. The number of hydrogen-bond acceptors (Lipinski definition) is 4. The van der Waals surface area contributed by atoms with Crippen molar-refractivity contribution in [2.45, 2.75) is 38.3 Å². The van der Waals surface area contributed by atoms with Crippen LogP contribution in [0, 0.1) is 23.7 Å². The van der Waals surface area contributed by atoms with Crippen molar-refractivity contribution in [2.75, 3.05) is 19.0 Å². The first kappa shape index (κ1) is 27.6. The maximum Gasteiger partial charge on any atom is 0.247 e. The molecular weight excluding hydrogens is 502 g/mol. The maximum absolute atomic E-state index is 14.3. The molecule has 0 aromatic heterocycles. The fourth-order valence-corrected chi connectivity index (χ4v) is 6.59. The van der Waals surface area contributed by atoms with E-state index in [9.17, 15) is 19.5 Å². The van der Waals surface area contributed by atoms with Gasteiger partial charge in [-0.2, -0.15) is 0 Å². The molecule has 208 valence electrons. The molecule has 0 unspecified atom stereocenters. The van der Waals surface area contributed by atoms with Gasteiger partial charge in [-0.05, 0) is 47.2 Å². The SMILES string of the molecule is CCC[C@@H]1C=C[C@H]2[C@H](C(=O)N([C@@H](CO)Cc3ccccc3)[C@@H]2C(=O)Nc2ccc3ccccc3c2)[C@@H]1C(=O)NC. The summed E-state index contributed by atoms with van der Waals surface area (Å²) in [6.07, 6.45) is 6.02. The number of carbonyl (C=O) groups is 3. The van der Waals surface area contributed by atoms with Crippen molar-refractivity contribution >= 4 is 34.2 Å². The second kappa shape index (κ2) is 12.0. The lowest BCUT2D eigenvalue weighted by molar-refractivity contribution is -0.142. The predicted octanol–water partition coefficient (Wildman–Crippen LogP) is 4.17. The van der Waals surface area contributed by atoms with Crippen LogP contribution < -0.4 is 10.6 Å². The molecule has 1 aliphatic heterocycles. The van der Waals surface area contributed by atoms with Crippen LogP contribution in [-0.4, -0.2) is 53.5 Å². The third kappa shape index (κ3) is 5.26. The number of nitrogens with one attached hydrogen (secondary N) is 2. The standard InChI is InChI=1S/C33H37N3O4/c1-3-9-23-15-17-27-29(28(23)31(38)34-2)33(40)36(26(20-37)18-21-10-5-4-6-11-21)30(27)32(39)35-25-16-14-22-12-7-8-13-24(22)19-25/h4-8,10-17,19,23,26-30,37H,3,9,18,20H2,1-2H3,(H,34,38)(H,35,39)/t23-,26-,27+,28-,29+,30+/m1/s1. The molecule has 0 spiro atoms. The Hall–Kier alpha value is -3.97. The number of anilines is 1. The van der Waals surface area contributed by atoms with Gasteiger partial charge in [0, 0.05) is 18.7 Å². The number of benzene rings is 3. The van der Waals surface area contributed by atoms with Crippen LogP contribution >= 0.6 is 0 Å². The quantitative estimate of drug-likeness (QED) is 0.356. The summed E-state index contributed by atoms with van der Waals surface area (Å²) in [6, 6.07) is 21.8. The minimum atomic E-state index is -0.865. The van der Waals surface area contributed by atoms with Crippen LogP contribution in [0.15, 0.2) is 84.9 Å². The highest BCUT2D eigenvalue weighted by atomic mass is 16.3. The number of likely N-dealkylation sites (tertiary alicyclic amines) is 1. The van der Waals surface area contributed by atoms with Crippen LogP contribution in [0.25, 0.3) is 10.8 Å². The number of allylic oxidation sites excluding steroid dienone is 1. The highest BCUT2D eigenvalue weighted by Gasteiger charge is 2.58. The van der Waals surface area contributed by atoms with Crippen LogP contribution in [0.1, 0.15) is 25.3 Å². The first-order valence-corrected chi connectivity index (χ1v) is 14.1. The number of aliphatic hydroxyl groups excluding tert-OH is 1. The third-order valence-corrected chi connectivity index (χ3v) is 8.42. The van der Waals surface area contributed by atoms with E-state index in [4.69, 9.17) is 0 Å². The molecule has 3 amide bonds. The lowest BCUT2D eigenvalue weighted by atomic mass is 9.68. The van der Waals surface area contributed by atoms with Gasteiger partial charge in [-0.1, -0.05) is 86.2 Å². The zero-order chi connectivity index (χ0) is 28.2. The third-order valence-electron chi connectivity index (χ3n) is 8.42. The van der Waals surface area contributed by atoms with Gasteiger partial charge in [0.15, 0.2) is 0 Å². The first-order valence-electron chi connectivity index (χ1n) is 14.1. The summed E-state index contributed by atoms with van der Waals surface area (Å²) in [7, 11) is 1.59. The van der Waals surface area contributed by atoms with Gasteiger partial charge in [0.25, 0.3) is 0 Å². The van der Waals surface area contributed by atoms with Gasteiger partial charge in [-0.15, -0.1) is 0 Å². The predicted molar refractivity (Wildman–Crippen MR) is 156 cm³/mol. The normalized spacial score (nSPS) is 24.5. The van der Waals surface area contributed by atoms with Crippen LogP contribution in [0.4, 0.5) is 5.69 Å². The first-order chi connectivity index (χ1) is 19.5. The minimum absolute atomic E-state index is 0.0963. The Morgan fingerprint density at radius 3 is 2.38 bits per heavy atom. The summed E-state index contributed by atoms with van der Waals surface area (Å²) in [5, 5.41) is 18.4. The monoisotopic (exact) mass is 539 g/mol. The van der Waals surface area contributed by atoms with E-state index in [-0.39, 0.29) is 30.2 Å². The molecular formula is C33H37N3O4. The van der Waals surface area contributed by atoms with E-state index in [0.717, 1.165) is 29.2 Å². The molecule has 0 bridgehead atoms.